The SMILES string of the molecule is CC(=O)c1ccc(NC(=O)CC(=O)NCc2ccc(F)cc2)cc1. The molecule has 2 amide bonds. The summed E-state index contributed by atoms with van der Waals surface area (Å²) < 4.78 is 12.8. The molecule has 0 bridgehead atoms. The van der Waals surface area contributed by atoms with Crippen LogP contribution in [0.5, 0.6) is 0 Å². The first-order valence-corrected chi connectivity index (χ1v) is 7.36. The van der Waals surface area contributed by atoms with Crippen LogP contribution in [0, 0.1) is 5.82 Å². The Balaban J connectivity index is 1.79. The first kappa shape index (κ1) is 17.3. The highest BCUT2D eigenvalue weighted by Gasteiger charge is 2.10. The van der Waals surface area contributed by atoms with Gasteiger partial charge in [0.2, 0.25) is 11.8 Å². The maximum absolute atomic E-state index is 12.8. The lowest BCUT2D eigenvalue weighted by molar-refractivity contribution is -0.126. The number of hydrogen-bond donors (Lipinski definition) is 2. The molecule has 2 aromatic carbocycles. The fourth-order valence-electron chi connectivity index (χ4n) is 2.00. The van der Waals surface area contributed by atoms with Crippen LogP contribution < -0.4 is 10.6 Å². The lowest BCUT2D eigenvalue weighted by Gasteiger charge is -2.07. The largest absolute Gasteiger partial charge is 0.352 e. The van der Waals surface area contributed by atoms with Crippen molar-refractivity contribution in [2.75, 3.05) is 5.32 Å². The van der Waals surface area contributed by atoms with Crippen LogP contribution in [0.15, 0.2) is 48.5 Å². The van der Waals surface area contributed by atoms with Gasteiger partial charge in [0.1, 0.15) is 12.2 Å². The van der Waals surface area contributed by atoms with Crippen molar-refractivity contribution in [3.8, 4) is 0 Å². The second-order valence-electron chi connectivity index (χ2n) is 5.26. The summed E-state index contributed by atoms with van der Waals surface area (Å²) in [7, 11) is 0. The molecule has 2 rings (SSSR count). The minimum atomic E-state index is -0.456. The number of nitrogens with one attached hydrogen (secondary N) is 2. The van der Waals surface area contributed by atoms with Crippen LogP contribution in [0.3, 0.4) is 0 Å². The molecule has 0 saturated carbocycles. The number of amides is 2. The topological polar surface area (TPSA) is 75.3 Å². The molecule has 0 aliphatic rings. The second kappa shape index (κ2) is 8.01. The first-order valence-electron chi connectivity index (χ1n) is 7.36. The lowest BCUT2D eigenvalue weighted by atomic mass is 10.1. The van der Waals surface area contributed by atoms with E-state index in [1.54, 1.807) is 36.4 Å². The number of hydrogen-bond acceptors (Lipinski definition) is 3. The predicted molar refractivity (Wildman–Crippen MR) is 87.9 cm³/mol. The fourth-order valence-corrected chi connectivity index (χ4v) is 2.00. The molecular formula is C18H17FN2O3. The van der Waals surface area contributed by atoms with Gasteiger partial charge in [-0.25, -0.2) is 4.39 Å². The molecule has 0 aliphatic heterocycles. The molecule has 6 heteroatoms. The van der Waals surface area contributed by atoms with Crippen LogP contribution in [0.2, 0.25) is 0 Å². The smallest absolute Gasteiger partial charge is 0.233 e. The van der Waals surface area contributed by atoms with Crippen LogP contribution in [0.1, 0.15) is 29.3 Å². The van der Waals surface area contributed by atoms with E-state index >= 15 is 0 Å². The molecule has 2 N–H and O–H groups in total. The summed E-state index contributed by atoms with van der Waals surface area (Å²) in [5.41, 5.74) is 1.80. The van der Waals surface area contributed by atoms with Crippen LogP contribution in [-0.4, -0.2) is 17.6 Å². The Morgan fingerprint density at radius 3 is 2.12 bits per heavy atom. The summed E-state index contributed by atoms with van der Waals surface area (Å²) in [4.78, 5) is 34.7. The van der Waals surface area contributed by atoms with Crippen molar-refractivity contribution in [2.24, 2.45) is 0 Å². The third kappa shape index (κ3) is 5.31. The van der Waals surface area contributed by atoms with E-state index in [1.807, 2.05) is 0 Å². The number of ketones is 1. The van der Waals surface area contributed by atoms with Gasteiger partial charge in [-0.3, -0.25) is 14.4 Å². The van der Waals surface area contributed by atoms with Crippen molar-refractivity contribution < 1.29 is 18.8 Å². The van der Waals surface area contributed by atoms with Gasteiger partial charge in [-0.15, -0.1) is 0 Å². The summed E-state index contributed by atoms with van der Waals surface area (Å²) in [5, 5.41) is 5.18. The van der Waals surface area contributed by atoms with E-state index in [4.69, 9.17) is 0 Å². The molecule has 0 radical (unpaired) electrons. The zero-order valence-electron chi connectivity index (χ0n) is 13.1. The molecule has 0 heterocycles. The van der Waals surface area contributed by atoms with E-state index in [-0.39, 0.29) is 24.6 Å². The molecule has 0 aliphatic carbocycles. The minimum Gasteiger partial charge on any atom is -0.352 e. The highest BCUT2D eigenvalue weighted by atomic mass is 19.1. The Hall–Kier alpha value is -3.02. The average molecular weight is 328 g/mol. The number of anilines is 1. The number of benzene rings is 2. The monoisotopic (exact) mass is 328 g/mol. The summed E-state index contributed by atoms with van der Waals surface area (Å²) in [5.74, 6) is -1.30. The minimum absolute atomic E-state index is 0.0620. The molecule has 5 nitrogen and oxygen atoms in total. The Morgan fingerprint density at radius 2 is 1.54 bits per heavy atom. The van der Waals surface area contributed by atoms with Crippen LogP contribution in [0.4, 0.5) is 10.1 Å². The zero-order valence-corrected chi connectivity index (χ0v) is 13.1. The van der Waals surface area contributed by atoms with Gasteiger partial charge in [0, 0.05) is 17.8 Å². The summed E-state index contributed by atoms with van der Waals surface area (Å²) in [6.07, 6.45) is -0.324. The Kier molecular flexibility index (Phi) is 5.78. The van der Waals surface area contributed by atoms with Crippen molar-refractivity contribution in [3.63, 3.8) is 0 Å². The van der Waals surface area contributed by atoms with E-state index < -0.39 is 11.8 Å². The highest BCUT2D eigenvalue weighted by Crippen LogP contribution is 2.10. The molecule has 24 heavy (non-hydrogen) atoms. The van der Waals surface area contributed by atoms with E-state index in [0.717, 1.165) is 5.56 Å². The van der Waals surface area contributed by atoms with Crippen molar-refractivity contribution in [2.45, 2.75) is 19.9 Å². The van der Waals surface area contributed by atoms with Gasteiger partial charge in [-0.2, -0.15) is 0 Å². The van der Waals surface area contributed by atoms with Crippen molar-refractivity contribution >= 4 is 23.3 Å². The average Bonchev–Trinajstić information content (AvgIpc) is 2.54. The molecule has 0 atom stereocenters. The number of rotatable bonds is 6. The Labute approximate surface area is 138 Å². The van der Waals surface area contributed by atoms with Crippen LogP contribution in [-0.2, 0) is 16.1 Å². The zero-order chi connectivity index (χ0) is 17.5. The lowest BCUT2D eigenvalue weighted by Crippen LogP contribution is -2.27. The maximum Gasteiger partial charge on any atom is 0.233 e. The number of halogens is 1. The van der Waals surface area contributed by atoms with E-state index in [0.29, 0.717) is 11.3 Å². The molecule has 124 valence electrons. The third-order valence-corrected chi connectivity index (χ3v) is 3.30. The molecule has 0 unspecified atom stereocenters. The fraction of sp³-hybridized carbons (Fsp3) is 0.167. The molecular weight excluding hydrogens is 311 g/mol. The van der Waals surface area contributed by atoms with E-state index in [2.05, 4.69) is 10.6 Å². The van der Waals surface area contributed by atoms with Crippen molar-refractivity contribution in [1.29, 1.82) is 0 Å². The molecule has 0 aromatic heterocycles. The molecule has 2 aromatic rings. The van der Waals surface area contributed by atoms with Gasteiger partial charge in [-0.1, -0.05) is 12.1 Å². The summed E-state index contributed by atoms with van der Waals surface area (Å²) in [6, 6.07) is 12.1. The van der Waals surface area contributed by atoms with Gasteiger partial charge < -0.3 is 10.6 Å². The van der Waals surface area contributed by atoms with Gasteiger partial charge in [-0.05, 0) is 48.9 Å². The van der Waals surface area contributed by atoms with Crippen LogP contribution >= 0.6 is 0 Å². The summed E-state index contributed by atoms with van der Waals surface area (Å²) >= 11 is 0. The Morgan fingerprint density at radius 1 is 0.917 bits per heavy atom. The van der Waals surface area contributed by atoms with Gasteiger partial charge in [0.15, 0.2) is 5.78 Å². The second-order valence-corrected chi connectivity index (χ2v) is 5.26. The first-order chi connectivity index (χ1) is 11.4. The van der Waals surface area contributed by atoms with Crippen molar-refractivity contribution in [1.82, 2.24) is 5.32 Å². The number of Topliss-reactive ketones (excluding diaryl/α,β-unsaturated/α-hetero) is 1. The van der Waals surface area contributed by atoms with E-state index in [9.17, 15) is 18.8 Å². The quantitative estimate of drug-likeness (QED) is 0.632. The standard InChI is InChI=1S/C18H17FN2O3/c1-12(22)14-4-8-16(9-5-14)21-18(24)10-17(23)20-11-13-2-6-15(19)7-3-13/h2-9H,10-11H2,1H3,(H,20,23)(H,21,24). The van der Waals surface area contributed by atoms with E-state index in [1.165, 1.54) is 19.1 Å². The highest BCUT2D eigenvalue weighted by molar-refractivity contribution is 6.03. The van der Waals surface area contributed by atoms with Crippen LogP contribution in [0.25, 0.3) is 0 Å². The van der Waals surface area contributed by atoms with Gasteiger partial charge in [0.05, 0.1) is 0 Å². The molecule has 0 spiro atoms. The third-order valence-electron chi connectivity index (χ3n) is 3.30. The summed E-state index contributed by atoms with van der Waals surface area (Å²) in [6.45, 7) is 1.68. The van der Waals surface area contributed by atoms with Crippen molar-refractivity contribution in [3.05, 3.63) is 65.5 Å². The maximum atomic E-state index is 12.8. The molecule has 0 saturated heterocycles. The predicted octanol–water partition coefficient (Wildman–Crippen LogP) is 2.67. The number of carbonyl (C=O) groups is 3. The molecule has 0 fully saturated rings. The van der Waals surface area contributed by atoms with Gasteiger partial charge >= 0.3 is 0 Å². The van der Waals surface area contributed by atoms with Gasteiger partial charge in [0.25, 0.3) is 0 Å². The number of carbonyl (C=O) groups excluding carboxylic acids is 3. The normalized spacial score (nSPS) is 10.1. The Bertz CT molecular complexity index is 740.